The number of imidazole rings is 1. The van der Waals surface area contributed by atoms with Crippen molar-refractivity contribution in [2.45, 2.75) is 39.3 Å². The number of nitrogens with one attached hydrogen (secondary N) is 2. The van der Waals surface area contributed by atoms with Gasteiger partial charge in [-0.2, -0.15) is 5.10 Å². The third-order valence-electron chi connectivity index (χ3n) is 3.01. The lowest BCUT2D eigenvalue weighted by atomic mass is 10.3. The molecule has 2 rings (SSSR count). The number of anilines is 1. The molecular weight excluding hydrogens is 278 g/mol. The van der Waals surface area contributed by atoms with Gasteiger partial charge in [-0.05, 0) is 13.3 Å². The predicted molar refractivity (Wildman–Crippen MR) is 79.0 cm³/mol. The highest BCUT2D eigenvalue weighted by Crippen LogP contribution is 2.20. The number of hydrogen-bond donors (Lipinski definition) is 2. The molecule has 6 nitrogen and oxygen atoms in total. The average Bonchev–Trinajstić information content (AvgIpc) is 2.97. The van der Waals surface area contributed by atoms with E-state index in [1.165, 1.54) is 4.68 Å². The maximum Gasteiger partial charge on any atom is 0.287 e. The van der Waals surface area contributed by atoms with Gasteiger partial charge >= 0.3 is 0 Å². The molecule has 1 unspecified atom stereocenters. The van der Waals surface area contributed by atoms with E-state index < -0.39 is 0 Å². The van der Waals surface area contributed by atoms with Gasteiger partial charge in [-0.1, -0.05) is 24.9 Å². The second kappa shape index (κ2) is 6.56. The largest absolute Gasteiger partial charge is 0.373 e. The highest BCUT2D eigenvalue weighted by atomic mass is 35.5. The summed E-state index contributed by atoms with van der Waals surface area (Å²) in [6.45, 7) is 4.58. The number of rotatable bonds is 6. The van der Waals surface area contributed by atoms with Crippen molar-refractivity contribution in [1.82, 2.24) is 19.7 Å². The van der Waals surface area contributed by atoms with Crippen molar-refractivity contribution in [3.8, 4) is 0 Å². The fraction of sp³-hybridized carbons (Fsp3) is 0.462. The molecule has 0 fully saturated rings. The minimum atomic E-state index is -0.267. The standard InChI is InChI=1S/C13H18ClN5O/c1-3-4-7-19-13(20)11(14)10(8-17-19)18-9(2)12-15-5-6-16-12/h5-6,8-9,18H,3-4,7H2,1-2H3,(H,15,16). The fourth-order valence-electron chi connectivity index (χ4n) is 1.85. The Hall–Kier alpha value is -1.82. The Balaban J connectivity index is 2.17. The van der Waals surface area contributed by atoms with Crippen LogP contribution in [0.1, 0.15) is 38.6 Å². The molecule has 0 aromatic carbocycles. The Morgan fingerprint density at radius 2 is 2.35 bits per heavy atom. The molecule has 0 amide bonds. The van der Waals surface area contributed by atoms with Crippen LogP contribution in [0.3, 0.4) is 0 Å². The molecule has 2 heterocycles. The van der Waals surface area contributed by atoms with E-state index in [-0.39, 0.29) is 16.6 Å². The van der Waals surface area contributed by atoms with Crippen LogP contribution in [0.15, 0.2) is 23.4 Å². The number of hydrogen-bond acceptors (Lipinski definition) is 4. The van der Waals surface area contributed by atoms with Gasteiger partial charge in [-0.15, -0.1) is 0 Å². The number of aromatic nitrogens is 4. The number of H-pyrrole nitrogens is 1. The summed E-state index contributed by atoms with van der Waals surface area (Å²) in [4.78, 5) is 19.2. The zero-order valence-electron chi connectivity index (χ0n) is 11.6. The summed E-state index contributed by atoms with van der Waals surface area (Å²) in [6.07, 6.45) is 6.91. The Bertz CT molecular complexity index is 608. The average molecular weight is 296 g/mol. The van der Waals surface area contributed by atoms with Crippen LogP contribution in [0.2, 0.25) is 5.02 Å². The highest BCUT2D eigenvalue weighted by Gasteiger charge is 2.13. The zero-order chi connectivity index (χ0) is 14.5. The van der Waals surface area contributed by atoms with E-state index in [4.69, 9.17) is 11.6 Å². The van der Waals surface area contributed by atoms with Gasteiger partial charge in [0, 0.05) is 18.9 Å². The minimum Gasteiger partial charge on any atom is -0.373 e. The van der Waals surface area contributed by atoms with E-state index in [2.05, 4.69) is 27.3 Å². The second-order valence-corrected chi connectivity index (χ2v) is 4.97. The van der Waals surface area contributed by atoms with Gasteiger partial charge in [-0.3, -0.25) is 4.79 Å². The first-order chi connectivity index (χ1) is 9.63. The molecule has 0 bridgehead atoms. The summed E-state index contributed by atoms with van der Waals surface area (Å²) in [6, 6.07) is -0.0878. The number of halogens is 1. The van der Waals surface area contributed by atoms with Crippen molar-refractivity contribution >= 4 is 17.3 Å². The van der Waals surface area contributed by atoms with Gasteiger partial charge < -0.3 is 10.3 Å². The molecule has 2 aromatic heterocycles. The molecule has 2 aromatic rings. The first kappa shape index (κ1) is 14.6. The van der Waals surface area contributed by atoms with Gasteiger partial charge in [0.25, 0.3) is 5.56 Å². The van der Waals surface area contributed by atoms with Crippen molar-refractivity contribution in [3.05, 3.63) is 39.8 Å². The summed E-state index contributed by atoms with van der Waals surface area (Å²) >= 11 is 6.12. The molecular formula is C13H18ClN5O. The zero-order valence-corrected chi connectivity index (χ0v) is 12.3. The Morgan fingerprint density at radius 1 is 1.55 bits per heavy atom. The van der Waals surface area contributed by atoms with Crippen molar-refractivity contribution in [3.63, 3.8) is 0 Å². The highest BCUT2D eigenvalue weighted by molar-refractivity contribution is 6.32. The monoisotopic (exact) mass is 295 g/mol. The van der Waals surface area contributed by atoms with Crippen LogP contribution in [0, 0.1) is 0 Å². The molecule has 0 saturated carbocycles. The molecule has 0 radical (unpaired) electrons. The number of aryl methyl sites for hydroxylation is 1. The van der Waals surface area contributed by atoms with Gasteiger partial charge in [0.15, 0.2) is 0 Å². The molecule has 1 atom stereocenters. The van der Waals surface area contributed by atoms with E-state index in [0.29, 0.717) is 12.2 Å². The van der Waals surface area contributed by atoms with Crippen LogP contribution >= 0.6 is 11.6 Å². The van der Waals surface area contributed by atoms with E-state index in [1.54, 1.807) is 18.6 Å². The summed E-state index contributed by atoms with van der Waals surface area (Å²) in [5.74, 6) is 0.774. The number of aromatic amines is 1. The third kappa shape index (κ3) is 3.19. The smallest absolute Gasteiger partial charge is 0.287 e. The molecule has 20 heavy (non-hydrogen) atoms. The van der Waals surface area contributed by atoms with Crippen molar-refractivity contribution in [2.24, 2.45) is 0 Å². The first-order valence-electron chi connectivity index (χ1n) is 6.65. The molecule has 0 saturated heterocycles. The minimum absolute atomic E-state index is 0.0878. The molecule has 0 aliphatic rings. The quantitative estimate of drug-likeness (QED) is 0.859. The predicted octanol–water partition coefficient (Wildman–Crippen LogP) is 2.59. The lowest BCUT2D eigenvalue weighted by molar-refractivity contribution is 0.543. The van der Waals surface area contributed by atoms with Gasteiger partial charge in [0.05, 0.1) is 17.9 Å². The van der Waals surface area contributed by atoms with Crippen LogP contribution in [0.4, 0.5) is 5.69 Å². The third-order valence-corrected chi connectivity index (χ3v) is 3.38. The number of unbranched alkanes of at least 4 members (excludes halogenated alkanes) is 1. The molecule has 0 spiro atoms. The second-order valence-electron chi connectivity index (χ2n) is 4.59. The molecule has 108 valence electrons. The Kier molecular flexibility index (Phi) is 4.79. The normalized spacial score (nSPS) is 12.3. The lowest BCUT2D eigenvalue weighted by Gasteiger charge is -2.14. The van der Waals surface area contributed by atoms with Crippen LogP contribution < -0.4 is 10.9 Å². The lowest BCUT2D eigenvalue weighted by Crippen LogP contribution is -2.24. The summed E-state index contributed by atoms with van der Waals surface area (Å²) in [5.41, 5.74) is 0.255. The molecule has 0 aliphatic carbocycles. The Morgan fingerprint density at radius 3 is 3.00 bits per heavy atom. The fourth-order valence-corrected chi connectivity index (χ4v) is 2.05. The SMILES string of the molecule is CCCCn1ncc(NC(C)c2ncc[nH]2)c(Cl)c1=O. The van der Waals surface area contributed by atoms with Gasteiger partial charge in [0.2, 0.25) is 0 Å². The summed E-state index contributed by atoms with van der Waals surface area (Å²) in [7, 11) is 0. The summed E-state index contributed by atoms with van der Waals surface area (Å²) in [5, 5.41) is 7.43. The maximum atomic E-state index is 12.1. The van der Waals surface area contributed by atoms with Crippen molar-refractivity contribution in [1.29, 1.82) is 0 Å². The van der Waals surface area contributed by atoms with Gasteiger partial charge in [-0.25, -0.2) is 9.67 Å². The summed E-state index contributed by atoms with van der Waals surface area (Å²) < 4.78 is 1.40. The van der Waals surface area contributed by atoms with Gasteiger partial charge in [0.1, 0.15) is 10.8 Å². The van der Waals surface area contributed by atoms with Crippen LogP contribution in [-0.4, -0.2) is 19.7 Å². The van der Waals surface area contributed by atoms with Crippen molar-refractivity contribution < 1.29 is 0 Å². The van der Waals surface area contributed by atoms with E-state index in [0.717, 1.165) is 18.7 Å². The number of nitrogens with zero attached hydrogens (tertiary/aromatic N) is 3. The first-order valence-corrected chi connectivity index (χ1v) is 7.02. The van der Waals surface area contributed by atoms with Crippen molar-refractivity contribution in [2.75, 3.05) is 5.32 Å². The molecule has 2 N–H and O–H groups in total. The molecule has 0 aliphatic heterocycles. The maximum absolute atomic E-state index is 12.1. The Labute approximate surface area is 122 Å². The van der Waals surface area contributed by atoms with E-state index >= 15 is 0 Å². The van der Waals surface area contributed by atoms with E-state index in [9.17, 15) is 4.79 Å². The topological polar surface area (TPSA) is 75.6 Å². The van der Waals surface area contributed by atoms with Crippen LogP contribution in [0.5, 0.6) is 0 Å². The van der Waals surface area contributed by atoms with Crippen LogP contribution in [-0.2, 0) is 6.54 Å². The van der Waals surface area contributed by atoms with Crippen LogP contribution in [0.25, 0.3) is 0 Å². The van der Waals surface area contributed by atoms with E-state index in [1.807, 2.05) is 6.92 Å². The molecule has 7 heteroatoms.